The molecule has 3 nitrogen and oxygen atoms in total. The molecule has 1 N–H and O–H groups in total. The van der Waals surface area contributed by atoms with E-state index in [9.17, 15) is 12.8 Å². The molecule has 1 unspecified atom stereocenters. The van der Waals surface area contributed by atoms with Crippen LogP contribution in [0.3, 0.4) is 0 Å². The number of para-hydroxylation sites is 1. The number of benzene rings is 1. The molecular weight excluding hydrogens is 205 g/mol. The summed E-state index contributed by atoms with van der Waals surface area (Å²) in [6, 6.07) is 8.88. The number of alkyl halides is 1. The van der Waals surface area contributed by atoms with Crippen LogP contribution >= 0.6 is 0 Å². The average Bonchev–Trinajstić information content (AvgIpc) is 2.18. The van der Waals surface area contributed by atoms with Gasteiger partial charge in [0.15, 0.2) is 10.7 Å². The van der Waals surface area contributed by atoms with Crippen LogP contribution < -0.4 is 5.32 Å². The van der Waals surface area contributed by atoms with E-state index >= 15 is 0 Å². The van der Waals surface area contributed by atoms with E-state index in [0.29, 0.717) is 5.69 Å². The van der Waals surface area contributed by atoms with Crippen LogP contribution in [0.4, 0.5) is 10.1 Å². The lowest BCUT2D eigenvalue weighted by molar-refractivity contribution is 0.468. The van der Waals surface area contributed by atoms with Crippen LogP contribution in [0.1, 0.15) is 6.42 Å². The van der Waals surface area contributed by atoms with Gasteiger partial charge in [-0.1, -0.05) is 18.2 Å². The fourth-order valence-electron chi connectivity index (χ4n) is 1.06. The Morgan fingerprint density at radius 3 is 2.43 bits per heavy atom. The Morgan fingerprint density at radius 2 is 1.93 bits per heavy atom. The largest absolute Gasteiger partial charge is 0.369 e. The van der Waals surface area contributed by atoms with Crippen LogP contribution in [0.25, 0.3) is 0 Å². The van der Waals surface area contributed by atoms with E-state index in [2.05, 4.69) is 5.32 Å². The Balaban J connectivity index is 2.65. The Hall–Kier alpha value is -1.10. The van der Waals surface area contributed by atoms with Crippen molar-refractivity contribution in [3.05, 3.63) is 30.3 Å². The molecule has 0 amide bonds. The van der Waals surface area contributed by atoms with Crippen LogP contribution in [0.2, 0.25) is 0 Å². The van der Waals surface area contributed by atoms with E-state index in [1.54, 1.807) is 24.3 Å². The highest BCUT2D eigenvalue weighted by atomic mass is 32.2. The SMILES string of the molecule is O=[SH](=O)C(CCF)Nc1ccccc1. The normalized spacial score (nSPS) is 12.7. The maximum absolute atomic E-state index is 12.0. The lowest BCUT2D eigenvalue weighted by atomic mass is 10.3. The molecule has 0 aliphatic carbocycles. The van der Waals surface area contributed by atoms with Gasteiger partial charge < -0.3 is 5.32 Å². The van der Waals surface area contributed by atoms with E-state index in [4.69, 9.17) is 0 Å². The summed E-state index contributed by atoms with van der Waals surface area (Å²) in [6.45, 7) is -0.645. The molecule has 0 fully saturated rings. The molecule has 0 aromatic heterocycles. The second kappa shape index (κ2) is 5.59. The van der Waals surface area contributed by atoms with Gasteiger partial charge in [-0.05, 0) is 12.1 Å². The van der Waals surface area contributed by atoms with Crippen molar-refractivity contribution in [2.75, 3.05) is 12.0 Å². The summed E-state index contributed by atoms with van der Waals surface area (Å²) in [4.78, 5) is 0. The van der Waals surface area contributed by atoms with E-state index in [1.807, 2.05) is 6.07 Å². The number of rotatable bonds is 5. The summed E-state index contributed by atoms with van der Waals surface area (Å²) in [5, 5.41) is 1.92. The van der Waals surface area contributed by atoms with Gasteiger partial charge in [0.25, 0.3) is 0 Å². The number of hydrogen-bond acceptors (Lipinski definition) is 3. The van der Waals surface area contributed by atoms with Crippen LogP contribution in [0, 0.1) is 0 Å². The van der Waals surface area contributed by atoms with Gasteiger partial charge in [-0.25, -0.2) is 8.42 Å². The van der Waals surface area contributed by atoms with Gasteiger partial charge in [0.05, 0.1) is 6.67 Å². The third kappa shape index (κ3) is 3.33. The first-order valence-electron chi connectivity index (χ1n) is 4.25. The molecule has 14 heavy (non-hydrogen) atoms. The summed E-state index contributed by atoms with van der Waals surface area (Å²) in [5.74, 6) is 0. The molecule has 1 aromatic carbocycles. The van der Waals surface area contributed by atoms with Crippen molar-refractivity contribution in [1.29, 1.82) is 0 Å². The fourth-order valence-corrected chi connectivity index (χ4v) is 1.62. The lowest BCUT2D eigenvalue weighted by Crippen LogP contribution is -2.21. The Bertz CT molecular complexity index is 332. The molecule has 0 radical (unpaired) electrons. The topological polar surface area (TPSA) is 46.2 Å². The molecule has 1 aromatic rings. The van der Waals surface area contributed by atoms with E-state index in [-0.39, 0.29) is 6.42 Å². The van der Waals surface area contributed by atoms with Crippen molar-refractivity contribution in [2.45, 2.75) is 11.8 Å². The molecular formula is C9H12FNO2S. The van der Waals surface area contributed by atoms with Gasteiger partial charge in [0.2, 0.25) is 0 Å². The van der Waals surface area contributed by atoms with Crippen molar-refractivity contribution in [1.82, 2.24) is 0 Å². The summed E-state index contributed by atoms with van der Waals surface area (Å²) < 4.78 is 33.4. The minimum atomic E-state index is -2.64. The van der Waals surface area contributed by atoms with E-state index in [1.165, 1.54) is 0 Å². The predicted octanol–water partition coefficient (Wildman–Crippen LogP) is 1.40. The van der Waals surface area contributed by atoms with Crippen molar-refractivity contribution in [2.24, 2.45) is 0 Å². The highest BCUT2D eigenvalue weighted by Crippen LogP contribution is 2.09. The smallest absolute Gasteiger partial charge is 0.161 e. The number of hydrogen-bond donors (Lipinski definition) is 2. The van der Waals surface area contributed by atoms with Gasteiger partial charge in [0.1, 0.15) is 5.37 Å². The molecule has 5 heteroatoms. The highest BCUT2D eigenvalue weighted by molar-refractivity contribution is 7.73. The second-order valence-electron chi connectivity index (χ2n) is 2.79. The Morgan fingerprint density at radius 1 is 1.29 bits per heavy atom. The van der Waals surface area contributed by atoms with Crippen LogP contribution in [-0.4, -0.2) is 20.5 Å². The third-order valence-electron chi connectivity index (χ3n) is 1.74. The van der Waals surface area contributed by atoms with Crippen molar-refractivity contribution in [3.63, 3.8) is 0 Å². The number of halogens is 1. The molecule has 1 atom stereocenters. The zero-order valence-corrected chi connectivity index (χ0v) is 8.41. The highest BCUT2D eigenvalue weighted by Gasteiger charge is 2.10. The first kappa shape index (κ1) is 11.0. The molecule has 0 saturated heterocycles. The van der Waals surface area contributed by atoms with Crippen molar-refractivity contribution < 1.29 is 12.8 Å². The van der Waals surface area contributed by atoms with Crippen molar-refractivity contribution >= 4 is 16.4 Å². The molecule has 0 aliphatic heterocycles. The third-order valence-corrected chi connectivity index (χ3v) is 2.64. The van der Waals surface area contributed by atoms with Gasteiger partial charge in [-0.15, -0.1) is 0 Å². The molecule has 1 rings (SSSR count). The second-order valence-corrected chi connectivity index (χ2v) is 3.98. The van der Waals surface area contributed by atoms with Gasteiger partial charge in [-0.3, -0.25) is 4.39 Å². The molecule has 0 heterocycles. The molecule has 0 aliphatic rings. The van der Waals surface area contributed by atoms with Crippen LogP contribution in [0.5, 0.6) is 0 Å². The van der Waals surface area contributed by atoms with Crippen LogP contribution in [-0.2, 0) is 10.7 Å². The maximum atomic E-state index is 12.0. The average molecular weight is 217 g/mol. The van der Waals surface area contributed by atoms with Gasteiger partial charge in [0, 0.05) is 12.1 Å². The van der Waals surface area contributed by atoms with Gasteiger partial charge in [-0.2, -0.15) is 0 Å². The summed E-state index contributed by atoms with van der Waals surface area (Å²) in [6.07, 6.45) is -0.0202. The molecule has 0 saturated carbocycles. The number of nitrogens with one attached hydrogen (secondary N) is 1. The minimum absolute atomic E-state index is 0.0202. The zero-order chi connectivity index (χ0) is 10.4. The first-order valence-corrected chi connectivity index (χ1v) is 5.49. The van der Waals surface area contributed by atoms with Crippen LogP contribution in [0.15, 0.2) is 30.3 Å². The van der Waals surface area contributed by atoms with E-state index < -0.39 is 22.8 Å². The zero-order valence-electron chi connectivity index (χ0n) is 7.52. The summed E-state index contributed by atoms with van der Waals surface area (Å²) in [5.41, 5.74) is 0.685. The molecule has 78 valence electrons. The standard InChI is InChI=1S/C9H12FNO2S/c10-7-6-9(14(12)13)11-8-4-2-1-3-5-8/h1-5,9,11,14H,6-7H2. The lowest BCUT2D eigenvalue weighted by Gasteiger charge is -2.11. The van der Waals surface area contributed by atoms with E-state index in [0.717, 1.165) is 0 Å². The van der Waals surface area contributed by atoms with Gasteiger partial charge >= 0.3 is 0 Å². The fraction of sp³-hybridized carbons (Fsp3) is 0.333. The Labute approximate surface area is 83.9 Å². The molecule has 0 spiro atoms. The Kier molecular flexibility index (Phi) is 4.39. The first-order chi connectivity index (χ1) is 6.74. The quantitative estimate of drug-likeness (QED) is 0.733. The number of thiol groups is 1. The minimum Gasteiger partial charge on any atom is -0.369 e. The maximum Gasteiger partial charge on any atom is 0.161 e. The monoisotopic (exact) mass is 217 g/mol. The summed E-state index contributed by atoms with van der Waals surface area (Å²) in [7, 11) is -2.64. The number of anilines is 1. The molecule has 0 bridgehead atoms. The predicted molar refractivity (Wildman–Crippen MR) is 54.8 cm³/mol. The summed E-state index contributed by atoms with van der Waals surface area (Å²) >= 11 is 0. The van der Waals surface area contributed by atoms with Crippen molar-refractivity contribution in [3.8, 4) is 0 Å².